The Morgan fingerprint density at radius 2 is 1.65 bits per heavy atom. The molecule has 0 aromatic heterocycles. The summed E-state index contributed by atoms with van der Waals surface area (Å²) in [6.07, 6.45) is 0. The maximum absolute atomic E-state index is 11.6. The zero-order chi connectivity index (χ0) is 12.8. The maximum Gasteiger partial charge on any atom is 0.271 e. The minimum atomic E-state index is -0.277. The predicted octanol–water partition coefficient (Wildman–Crippen LogP) is 1.77. The number of amides is 2. The summed E-state index contributed by atoms with van der Waals surface area (Å²) in [6.45, 7) is 5.01. The Balaban J connectivity index is 2.70. The number of rotatable bonds is 3. The Kier molecular flexibility index (Phi) is 4.39. The number of hydrogen-bond donors (Lipinski definition) is 2. The SMILES string of the molecule is CC(=O)Nc1ccc(C(=O)NN=C(C)C)cc1. The molecule has 0 radical (unpaired) electrons. The van der Waals surface area contributed by atoms with Gasteiger partial charge in [0.05, 0.1) is 0 Å². The van der Waals surface area contributed by atoms with Crippen LogP contribution in [0.4, 0.5) is 5.69 Å². The van der Waals surface area contributed by atoms with Gasteiger partial charge in [-0.25, -0.2) is 5.43 Å². The number of hydrazone groups is 1. The highest BCUT2D eigenvalue weighted by molar-refractivity contribution is 5.96. The molecule has 2 N–H and O–H groups in total. The predicted molar refractivity (Wildman–Crippen MR) is 67.0 cm³/mol. The Bertz CT molecular complexity index is 445. The normalized spacial score (nSPS) is 9.35. The largest absolute Gasteiger partial charge is 0.326 e. The highest BCUT2D eigenvalue weighted by Crippen LogP contribution is 2.09. The molecule has 0 aliphatic carbocycles. The topological polar surface area (TPSA) is 70.6 Å². The van der Waals surface area contributed by atoms with Gasteiger partial charge in [0, 0.05) is 23.9 Å². The second kappa shape index (κ2) is 5.79. The first kappa shape index (κ1) is 12.9. The molecule has 5 heteroatoms. The van der Waals surface area contributed by atoms with Crippen molar-refractivity contribution in [2.75, 3.05) is 5.32 Å². The molecule has 0 fully saturated rings. The smallest absolute Gasteiger partial charge is 0.271 e. The fourth-order valence-electron chi connectivity index (χ4n) is 1.14. The minimum Gasteiger partial charge on any atom is -0.326 e. The zero-order valence-corrected chi connectivity index (χ0v) is 10.1. The van der Waals surface area contributed by atoms with E-state index in [-0.39, 0.29) is 11.8 Å². The number of anilines is 1. The van der Waals surface area contributed by atoms with Gasteiger partial charge < -0.3 is 5.32 Å². The molecule has 1 aromatic rings. The van der Waals surface area contributed by atoms with Gasteiger partial charge in [-0.1, -0.05) is 0 Å². The molecule has 0 atom stereocenters. The Labute approximate surface area is 99.9 Å². The van der Waals surface area contributed by atoms with Crippen LogP contribution in [0.2, 0.25) is 0 Å². The third-order valence-corrected chi connectivity index (χ3v) is 1.85. The van der Waals surface area contributed by atoms with Crippen LogP contribution in [0, 0.1) is 0 Å². The quantitative estimate of drug-likeness (QED) is 0.617. The van der Waals surface area contributed by atoms with Gasteiger partial charge in [0.1, 0.15) is 0 Å². The lowest BCUT2D eigenvalue weighted by Gasteiger charge is -2.03. The molecule has 2 amide bonds. The monoisotopic (exact) mass is 233 g/mol. The summed E-state index contributed by atoms with van der Waals surface area (Å²) in [4.78, 5) is 22.4. The average molecular weight is 233 g/mol. The summed E-state index contributed by atoms with van der Waals surface area (Å²) in [5.41, 5.74) is 4.34. The number of nitrogens with zero attached hydrogens (tertiary/aromatic N) is 1. The van der Waals surface area contributed by atoms with Gasteiger partial charge in [-0.3, -0.25) is 9.59 Å². The van der Waals surface area contributed by atoms with Crippen molar-refractivity contribution in [1.82, 2.24) is 5.43 Å². The van der Waals surface area contributed by atoms with Crippen molar-refractivity contribution in [3.8, 4) is 0 Å². The van der Waals surface area contributed by atoms with Crippen molar-refractivity contribution < 1.29 is 9.59 Å². The second-order valence-electron chi connectivity index (χ2n) is 3.76. The van der Waals surface area contributed by atoms with Gasteiger partial charge >= 0.3 is 0 Å². The van der Waals surface area contributed by atoms with Crippen LogP contribution >= 0.6 is 0 Å². The van der Waals surface area contributed by atoms with Crippen molar-refractivity contribution in [2.24, 2.45) is 5.10 Å². The van der Waals surface area contributed by atoms with Crippen molar-refractivity contribution in [2.45, 2.75) is 20.8 Å². The lowest BCUT2D eigenvalue weighted by molar-refractivity contribution is -0.114. The van der Waals surface area contributed by atoms with Gasteiger partial charge in [-0.2, -0.15) is 5.10 Å². The van der Waals surface area contributed by atoms with Crippen LogP contribution in [-0.2, 0) is 4.79 Å². The third kappa shape index (κ3) is 4.46. The Hall–Kier alpha value is -2.17. The van der Waals surface area contributed by atoms with E-state index in [4.69, 9.17) is 0 Å². The fraction of sp³-hybridized carbons (Fsp3) is 0.250. The van der Waals surface area contributed by atoms with Crippen molar-refractivity contribution >= 4 is 23.2 Å². The number of benzene rings is 1. The van der Waals surface area contributed by atoms with Crippen LogP contribution in [0.5, 0.6) is 0 Å². The van der Waals surface area contributed by atoms with Gasteiger partial charge in [0.15, 0.2) is 0 Å². The summed E-state index contributed by atoms with van der Waals surface area (Å²) < 4.78 is 0. The second-order valence-corrected chi connectivity index (χ2v) is 3.76. The number of nitrogens with one attached hydrogen (secondary N) is 2. The van der Waals surface area contributed by atoms with Crippen molar-refractivity contribution in [3.05, 3.63) is 29.8 Å². The van der Waals surface area contributed by atoms with E-state index in [1.807, 2.05) is 0 Å². The lowest BCUT2D eigenvalue weighted by Crippen LogP contribution is -2.18. The van der Waals surface area contributed by atoms with Gasteiger partial charge in [0.2, 0.25) is 5.91 Å². The molecule has 0 saturated heterocycles. The van der Waals surface area contributed by atoms with Crippen molar-refractivity contribution in [1.29, 1.82) is 0 Å². The first-order valence-electron chi connectivity index (χ1n) is 5.18. The molecule has 1 aromatic carbocycles. The van der Waals surface area contributed by atoms with E-state index < -0.39 is 0 Å². The summed E-state index contributed by atoms with van der Waals surface area (Å²) in [5, 5.41) is 6.44. The summed E-state index contributed by atoms with van der Waals surface area (Å²) in [5.74, 6) is -0.422. The number of carbonyl (C=O) groups is 2. The van der Waals surface area contributed by atoms with Gasteiger partial charge in [-0.05, 0) is 38.1 Å². The molecule has 0 heterocycles. The molecule has 0 bridgehead atoms. The Morgan fingerprint density at radius 1 is 1.06 bits per heavy atom. The fourth-order valence-corrected chi connectivity index (χ4v) is 1.14. The van der Waals surface area contributed by atoms with E-state index in [0.717, 1.165) is 5.71 Å². The molecule has 0 aliphatic heterocycles. The third-order valence-electron chi connectivity index (χ3n) is 1.85. The summed E-state index contributed by atoms with van der Waals surface area (Å²) in [7, 11) is 0. The van der Waals surface area contributed by atoms with E-state index in [1.165, 1.54) is 6.92 Å². The first-order chi connectivity index (χ1) is 7.99. The molecule has 1 rings (SSSR count). The summed E-state index contributed by atoms with van der Waals surface area (Å²) in [6, 6.07) is 6.58. The van der Waals surface area contributed by atoms with E-state index in [2.05, 4.69) is 15.8 Å². The van der Waals surface area contributed by atoms with Crippen LogP contribution in [0.3, 0.4) is 0 Å². The van der Waals surface area contributed by atoms with Crippen LogP contribution in [0.15, 0.2) is 29.4 Å². The van der Waals surface area contributed by atoms with E-state index in [1.54, 1.807) is 38.1 Å². The molecule has 0 spiro atoms. The molecule has 0 saturated carbocycles. The van der Waals surface area contributed by atoms with E-state index in [0.29, 0.717) is 11.3 Å². The average Bonchev–Trinajstić information content (AvgIpc) is 2.26. The highest BCUT2D eigenvalue weighted by Gasteiger charge is 2.04. The van der Waals surface area contributed by atoms with Crippen LogP contribution in [0.25, 0.3) is 0 Å². The standard InChI is InChI=1S/C12H15N3O2/c1-8(2)14-15-12(17)10-4-6-11(7-5-10)13-9(3)16/h4-7H,1-3H3,(H,13,16)(H,15,17). The lowest BCUT2D eigenvalue weighted by atomic mass is 10.2. The number of hydrogen-bond acceptors (Lipinski definition) is 3. The zero-order valence-electron chi connectivity index (χ0n) is 10.1. The van der Waals surface area contributed by atoms with Gasteiger partial charge in [0.25, 0.3) is 5.91 Å². The van der Waals surface area contributed by atoms with Crippen LogP contribution in [0.1, 0.15) is 31.1 Å². The first-order valence-corrected chi connectivity index (χ1v) is 5.18. The van der Waals surface area contributed by atoms with Gasteiger partial charge in [-0.15, -0.1) is 0 Å². The minimum absolute atomic E-state index is 0.145. The van der Waals surface area contributed by atoms with E-state index >= 15 is 0 Å². The van der Waals surface area contributed by atoms with E-state index in [9.17, 15) is 9.59 Å². The molecular weight excluding hydrogens is 218 g/mol. The highest BCUT2D eigenvalue weighted by atomic mass is 16.2. The molecule has 5 nitrogen and oxygen atoms in total. The Morgan fingerprint density at radius 3 is 2.12 bits per heavy atom. The van der Waals surface area contributed by atoms with Crippen molar-refractivity contribution in [3.63, 3.8) is 0 Å². The summed E-state index contributed by atoms with van der Waals surface area (Å²) >= 11 is 0. The van der Waals surface area contributed by atoms with Crippen LogP contribution < -0.4 is 10.7 Å². The number of carbonyl (C=O) groups excluding carboxylic acids is 2. The molecule has 17 heavy (non-hydrogen) atoms. The molecule has 90 valence electrons. The molecule has 0 aliphatic rings. The molecule has 0 unspecified atom stereocenters. The maximum atomic E-state index is 11.6. The molecular formula is C12H15N3O2. The van der Waals surface area contributed by atoms with Crippen LogP contribution in [-0.4, -0.2) is 17.5 Å².